The van der Waals surface area contributed by atoms with Gasteiger partial charge in [-0.2, -0.15) is 0 Å². The molecule has 0 N–H and O–H groups in total. The van der Waals surface area contributed by atoms with E-state index in [-0.39, 0.29) is 38.6 Å². The second kappa shape index (κ2) is 69.1. The molecule has 0 aliphatic heterocycles. The molecule has 0 radical (unpaired) electrons. The number of allylic oxidation sites excluding steroid dienone is 24. The minimum atomic E-state index is -1.63. The second-order valence-corrected chi connectivity index (χ2v) is 24.8. The predicted molar refractivity (Wildman–Crippen MR) is 379 cm³/mol. The van der Waals surface area contributed by atoms with Gasteiger partial charge in [0.2, 0.25) is 0 Å². The summed E-state index contributed by atoms with van der Waals surface area (Å²) in [4.78, 5) is 37.5. The molecule has 9 heteroatoms. The second-order valence-electron chi connectivity index (χ2n) is 24.8. The monoisotopic (exact) mass is 1240 g/mol. The van der Waals surface area contributed by atoms with E-state index in [1.54, 1.807) is 0 Å². The van der Waals surface area contributed by atoms with E-state index in [0.717, 1.165) is 116 Å². The molecular formula is C80H133NO8. The van der Waals surface area contributed by atoms with E-state index >= 15 is 0 Å². The maximum absolute atomic E-state index is 13.0. The Morgan fingerprint density at radius 3 is 0.899 bits per heavy atom. The normalized spacial score (nSPS) is 13.6. The first-order chi connectivity index (χ1) is 43.6. The van der Waals surface area contributed by atoms with Gasteiger partial charge in [0, 0.05) is 12.8 Å². The van der Waals surface area contributed by atoms with E-state index in [4.69, 9.17) is 18.9 Å². The van der Waals surface area contributed by atoms with Crippen molar-refractivity contribution in [1.29, 1.82) is 0 Å². The summed E-state index contributed by atoms with van der Waals surface area (Å²) in [6, 6.07) is 0. The molecule has 2 atom stereocenters. The highest BCUT2D eigenvalue weighted by Crippen LogP contribution is 2.17. The van der Waals surface area contributed by atoms with Crippen LogP contribution in [0.15, 0.2) is 146 Å². The summed E-state index contributed by atoms with van der Waals surface area (Å²) >= 11 is 0. The number of rotatable bonds is 65. The molecule has 0 aromatic carbocycles. The smallest absolute Gasteiger partial charge is 0.306 e. The molecule has 506 valence electrons. The molecule has 0 heterocycles. The highest BCUT2D eigenvalue weighted by molar-refractivity contribution is 5.70. The molecule has 0 spiro atoms. The number of esters is 2. The molecule has 0 aliphatic rings. The van der Waals surface area contributed by atoms with Gasteiger partial charge in [-0.05, 0) is 116 Å². The SMILES string of the molecule is CC/C=C\C/C=C\C/C=C\C/C=C\C/C=C\C/C=C\C/C=C\CCCCCCCCCCCCCCCC(=O)OC(COC(=O)CCCCCCCCCCCCCCC/C=C\C/C=C\C/C=C\C/C=C\C/C=C\CC)COC(OCC[N+](C)(C)C)C(=O)[O-]. The van der Waals surface area contributed by atoms with E-state index < -0.39 is 24.3 Å². The van der Waals surface area contributed by atoms with Crippen molar-refractivity contribution in [3.8, 4) is 0 Å². The Bertz CT molecular complexity index is 1970. The number of quaternary nitrogens is 1. The summed E-state index contributed by atoms with van der Waals surface area (Å²) in [7, 11) is 5.93. The van der Waals surface area contributed by atoms with Crippen LogP contribution in [0.5, 0.6) is 0 Å². The third kappa shape index (κ3) is 70.5. The van der Waals surface area contributed by atoms with Crippen LogP contribution < -0.4 is 5.11 Å². The topological polar surface area (TPSA) is 111 Å². The standard InChI is InChI=1S/C80H133NO8/c1-6-8-10-12-14-16-18-20-22-24-26-28-30-32-34-36-37-38-39-40-41-43-45-47-49-51-53-55-57-59-61-63-65-67-69-71-78(83)89-76(75-88-80(79(84)85)86-73-72-81(3,4)5)74-87-77(82)70-68-66-64-62-60-58-56-54-52-50-48-46-44-42-35-33-31-29-27-25-23-21-19-17-15-13-11-9-7-2/h8-11,14-17,20-23,26-29,32-35,37-38,40-41,76,80H,6-7,12-13,18-19,24-25,30-31,36,39,42-75H2,1-5H3/b10-8-,11-9-,16-14-,17-15-,22-20-,23-21-,28-26-,29-27-,34-32-,35-33-,38-37-,41-40-. The number of nitrogens with zero attached hydrogens (tertiary/aromatic N) is 1. The summed E-state index contributed by atoms with van der Waals surface area (Å²) in [5, 5.41) is 11.8. The molecule has 0 fully saturated rings. The Labute approximate surface area is 547 Å². The van der Waals surface area contributed by atoms with Crippen LogP contribution in [0.25, 0.3) is 0 Å². The summed E-state index contributed by atoms with van der Waals surface area (Å²) in [5.41, 5.74) is 0. The van der Waals surface area contributed by atoms with Crippen molar-refractivity contribution in [3.63, 3.8) is 0 Å². The number of carbonyl (C=O) groups excluding carboxylic acids is 3. The van der Waals surface area contributed by atoms with Crippen LogP contribution in [-0.2, 0) is 33.3 Å². The van der Waals surface area contributed by atoms with Gasteiger partial charge in [-0.25, -0.2) is 0 Å². The Hall–Kier alpha value is -4.83. The lowest BCUT2D eigenvalue weighted by atomic mass is 10.0. The molecule has 9 nitrogen and oxygen atoms in total. The molecule has 2 unspecified atom stereocenters. The number of hydrogen-bond donors (Lipinski definition) is 0. The Morgan fingerprint density at radius 1 is 0.337 bits per heavy atom. The first-order valence-corrected chi connectivity index (χ1v) is 36.0. The average molecular weight is 1240 g/mol. The van der Waals surface area contributed by atoms with Crippen LogP contribution >= 0.6 is 0 Å². The van der Waals surface area contributed by atoms with Gasteiger partial charge in [-0.15, -0.1) is 0 Å². The van der Waals surface area contributed by atoms with Gasteiger partial charge in [-0.1, -0.05) is 301 Å². The summed E-state index contributed by atoms with van der Waals surface area (Å²) in [6.07, 6.45) is 97.8. The molecule has 89 heavy (non-hydrogen) atoms. The molecule has 0 aliphatic carbocycles. The van der Waals surface area contributed by atoms with Crippen LogP contribution in [0.1, 0.15) is 284 Å². The van der Waals surface area contributed by atoms with Crippen LogP contribution in [0, 0.1) is 0 Å². The number of ether oxygens (including phenoxy) is 4. The van der Waals surface area contributed by atoms with Crippen LogP contribution in [0.3, 0.4) is 0 Å². The number of carboxylic acids is 1. The van der Waals surface area contributed by atoms with Crippen molar-refractivity contribution >= 4 is 17.9 Å². The summed E-state index contributed by atoms with van der Waals surface area (Å²) in [5.74, 6) is -2.29. The number of aliphatic carboxylic acids is 1. The number of carbonyl (C=O) groups is 3. The molecule has 0 saturated carbocycles. The number of hydrogen-bond acceptors (Lipinski definition) is 8. The molecule has 0 bridgehead atoms. The van der Waals surface area contributed by atoms with Crippen molar-refractivity contribution in [2.75, 3.05) is 47.5 Å². The van der Waals surface area contributed by atoms with Gasteiger partial charge in [0.25, 0.3) is 0 Å². The number of carboxylic acid groups (broad SMARTS) is 1. The zero-order valence-electron chi connectivity index (χ0n) is 57.8. The zero-order chi connectivity index (χ0) is 64.7. The summed E-state index contributed by atoms with van der Waals surface area (Å²) in [6.45, 7) is 4.53. The molecule has 0 saturated heterocycles. The maximum Gasteiger partial charge on any atom is 0.306 e. The van der Waals surface area contributed by atoms with Crippen LogP contribution in [0.2, 0.25) is 0 Å². The van der Waals surface area contributed by atoms with E-state index in [9.17, 15) is 19.5 Å². The van der Waals surface area contributed by atoms with Crippen molar-refractivity contribution in [2.24, 2.45) is 0 Å². The largest absolute Gasteiger partial charge is 0.545 e. The quantitative estimate of drug-likeness (QED) is 0.0195. The van der Waals surface area contributed by atoms with E-state index in [1.807, 2.05) is 21.1 Å². The fourth-order valence-electron chi connectivity index (χ4n) is 9.66. The van der Waals surface area contributed by atoms with E-state index in [0.29, 0.717) is 17.4 Å². The van der Waals surface area contributed by atoms with E-state index in [1.165, 1.54) is 135 Å². The van der Waals surface area contributed by atoms with Gasteiger partial charge in [-0.3, -0.25) is 9.59 Å². The summed E-state index contributed by atoms with van der Waals surface area (Å²) < 4.78 is 22.8. The molecule has 0 rings (SSSR count). The number of likely N-dealkylation sites (N-methyl/N-ethyl adjacent to an activating group) is 1. The minimum Gasteiger partial charge on any atom is -0.545 e. The lowest BCUT2D eigenvalue weighted by Crippen LogP contribution is -2.44. The Kier molecular flexibility index (Phi) is 65.3. The molecule has 0 aromatic heterocycles. The van der Waals surface area contributed by atoms with Gasteiger partial charge in [0.15, 0.2) is 12.4 Å². The highest BCUT2D eigenvalue weighted by atomic mass is 16.7. The van der Waals surface area contributed by atoms with Crippen molar-refractivity contribution in [3.05, 3.63) is 146 Å². The van der Waals surface area contributed by atoms with Gasteiger partial charge in [0.05, 0.1) is 40.3 Å². The van der Waals surface area contributed by atoms with Gasteiger partial charge < -0.3 is 33.3 Å². The maximum atomic E-state index is 13.0. The minimum absolute atomic E-state index is 0.142. The highest BCUT2D eigenvalue weighted by Gasteiger charge is 2.22. The first kappa shape index (κ1) is 84.2. The van der Waals surface area contributed by atoms with Crippen LogP contribution in [0.4, 0.5) is 0 Å². The third-order valence-corrected chi connectivity index (χ3v) is 15.1. The lowest BCUT2D eigenvalue weighted by Gasteiger charge is -2.26. The lowest BCUT2D eigenvalue weighted by molar-refractivity contribution is -0.870. The van der Waals surface area contributed by atoms with Crippen molar-refractivity contribution in [2.45, 2.75) is 296 Å². The van der Waals surface area contributed by atoms with Gasteiger partial charge >= 0.3 is 11.9 Å². The number of unbranched alkanes of at least 4 members (excludes halogenated alkanes) is 26. The Morgan fingerprint density at radius 2 is 0.607 bits per heavy atom. The molecule has 0 aromatic rings. The van der Waals surface area contributed by atoms with E-state index in [2.05, 4.69) is 160 Å². The third-order valence-electron chi connectivity index (χ3n) is 15.1. The predicted octanol–water partition coefficient (Wildman–Crippen LogP) is 21.4. The van der Waals surface area contributed by atoms with Crippen LogP contribution in [-0.4, -0.2) is 82.3 Å². The van der Waals surface area contributed by atoms with Crippen molar-refractivity contribution < 1.29 is 42.9 Å². The first-order valence-electron chi connectivity index (χ1n) is 36.0. The fraction of sp³-hybridized carbons (Fsp3) is 0.662. The molecule has 0 amide bonds. The van der Waals surface area contributed by atoms with Gasteiger partial charge in [0.1, 0.15) is 13.2 Å². The van der Waals surface area contributed by atoms with Crippen molar-refractivity contribution in [1.82, 2.24) is 0 Å². The Balaban J connectivity index is 4.13. The zero-order valence-corrected chi connectivity index (χ0v) is 57.8. The fourth-order valence-corrected chi connectivity index (χ4v) is 9.66. The average Bonchev–Trinajstić information content (AvgIpc) is 3.64. The molecular weight excluding hydrogens is 1100 g/mol.